The van der Waals surface area contributed by atoms with E-state index >= 15 is 0 Å². The van der Waals surface area contributed by atoms with Gasteiger partial charge in [0.05, 0.1) is 19.3 Å². The van der Waals surface area contributed by atoms with Crippen molar-refractivity contribution in [2.24, 2.45) is 0 Å². The van der Waals surface area contributed by atoms with Gasteiger partial charge < -0.3 is 49.7 Å². The molecule has 0 aliphatic carbocycles. The summed E-state index contributed by atoms with van der Waals surface area (Å²) >= 11 is 0. The second-order valence-corrected chi connectivity index (χ2v) is 58.7. The molecule has 1 aliphatic rings. The molecule has 0 spiro atoms. The Hall–Kier alpha value is 1.01. The van der Waals surface area contributed by atoms with E-state index < -0.39 is 122 Å². The highest BCUT2D eigenvalue weighted by molar-refractivity contribution is 6.72. The number of rotatable bonds is 24. The molecule has 328 valence electrons. The molecule has 1 heterocycles. The topological polar surface area (TPSA) is 109 Å². The molecule has 0 amide bonds. The Balaban J connectivity index is 4.27. The average Bonchev–Trinajstić information content (AvgIpc) is 2.89. The van der Waals surface area contributed by atoms with E-state index in [9.17, 15) is 4.79 Å². The second kappa shape index (κ2) is 20.3. The maximum atomic E-state index is 13.4. The average molecular weight is 920 g/mol. The third-order valence-electron chi connectivity index (χ3n) is 7.34. The maximum absolute atomic E-state index is 13.4. The van der Waals surface area contributed by atoms with Crippen LogP contribution in [-0.2, 0) is 49.7 Å². The first-order valence-corrected chi connectivity index (χ1v) is 47.6. The Morgan fingerprint density at radius 3 is 1.27 bits per heavy atom. The lowest BCUT2D eigenvalue weighted by Crippen LogP contribution is -2.68. The highest BCUT2D eigenvalue weighted by atomic mass is 28.4. The van der Waals surface area contributed by atoms with Gasteiger partial charge in [-0.2, -0.15) is 0 Å². The van der Waals surface area contributed by atoms with Crippen LogP contribution in [0.4, 0.5) is 0 Å². The van der Waals surface area contributed by atoms with Crippen molar-refractivity contribution in [2.75, 3.05) is 13.2 Å². The van der Waals surface area contributed by atoms with E-state index in [1.54, 1.807) is 0 Å². The molecule has 0 N–H and O–H groups in total. The van der Waals surface area contributed by atoms with Crippen LogP contribution in [0.1, 0.15) is 0 Å². The van der Waals surface area contributed by atoms with Crippen molar-refractivity contribution >= 4 is 72.8 Å². The molecule has 0 saturated carbocycles. The molecule has 9 atom stereocenters. The maximum Gasteiger partial charge on any atom is 0.186 e. The van der Waals surface area contributed by atoms with Crippen molar-refractivity contribution < 1.29 is 49.7 Å². The van der Waals surface area contributed by atoms with Crippen LogP contribution in [0.15, 0.2) is 0 Å². The summed E-state index contributed by atoms with van der Waals surface area (Å²) in [4.78, 5) is 13.4. The number of hydrogen-bond donors (Lipinski definition) is 0. The van der Waals surface area contributed by atoms with Gasteiger partial charge in [0.1, 0.15) is 49.0 Å². The molecule has 1 aliphatic heterocycles. The van der Waals surface area contributed by atoms with Crippen LogP contribution in [0.3, 0.4) is 0 Å². The van der Waals surface area contributed by atoms with Gasteiger partial charge in [-0.15, -0.1) is 0 Å². The van der Waals surface area contributed by atoms with E-state index in [-0.39, 0.29) is 0 Å². The van der Waals surface area contributed by atoms with E-state index in [2.05, 4.69) is 157 Å². The van der Waals surface area contributed by atoms with Crippen LogP contribution in [0, 0.1) is 0 Å². The highest BCUT2D eigenvalue weighted by Gasteiger charge is 2.55. The predicted molar refractivity (Wildman–Crippen MR) is 248 cm³/mol. The van der Waals surface area contributed by atoms with Gasteiger partial charge in [0, 0.05) is 0 Å². The quantitative estimate of drug-likeness (QED) is 0.0683. The molecule has 0 aromatic rings. The highest BCUT2D eigenvalue weighted by Crippen LogP contribution is 2.37. The largest absolute Gasteiger partial charge is 0.415 e. The summed E-state index contributed by atoms with van der Waals surface area (Å²) in [5.41, 5.74) is 0. The lowest BCUT2D eigenvalue weighted by atomic mass is 9.98. The third-order valence-corrected chi connectivity index (χ3v) is 15.3. The molecular formula is C36H86O11Si8. The van der Waals surface area contributed by atoms with Crippen molar-refractivity contribution in [3.63, 3.8) is 0 Å². The van der Waals surface area contributed by atoms with Crippen LogP contribution >= 0.6 is 0 Å². The lowest BCUT2D eigenvalue weighted by Gasteiger charge is -2.52. The zero-order valence-electron chi connectivity index (χ0n) is 39.7. The molecular weight excluding hydrogens is 833 g/mol. The van der Waals surface area contributed by atoms with E-state index in [4.69, 9.17) is 44.9 Å². The minimum atomic E-state index is -2.33. The van der Waals surface area contributed by atoms with Crippen molar-refractivity contribution in [2.45, 2.75) is 212 Å². The van der Waals surface area contributed by atoms with Crippen LogP contribution in [0.2, 0.25) is 157 Å². The minimum absolute atomic E-state index is 0.300. The molecule has 1 rings (SSSR count). The van der Waals surface area contributed by atoms with E-state index in [0.717, 1.165) is 6.29 Å². The van der Waals surface area contributed by atoms with E-state index in [1.807, 2.05) is 0 Å². The number of aldehydes is 1. The van der Waals surface area contributed by atoms with Crippen molar-refractivity contribution in [1.82, 2.24) is 0 Å². The molecule has 0 radical (unpaired) electrons. The lowest BCUT2D eigenvalue weighted by molar-refractivity contribution is -0.314. The number of hydrogen-bond acceptors (Lipinski definition) is 11. The fraction of sp³-hybridized carbons (Fsp3) is 0.972. The zero-order valence-corrected chi connectivity index (χ0v) is 47.7. The Kier molecular flexibility index (Phi) is 19.9. The van der Waals surface area contributed by atoms with Gasteiger partial charge in [0.15, 0.2) is 72.8 Å². The first-order valence-electron chi connectivity index (χ1n) is 20.3. The summed E-state index contributed by atoms with van der Waals surface area (Å²) in [5, 5.41) is 0. The van der Waals surface area contributed by atoms with Gasteiger partial charge in [-0.25, -0.2) is 0 Å². The first kappa shape index (κ1) is 54.0. The SMILES string of the molecule is C[Si](C)(C)OCC(O[Si](C)(C)C)C(O[Si](C)(C)C)C(OC1O[C@H](CO[Si](C)(C)C)[C@@H](O[Si](C)(C)C)[C@H](O[Si](C)(C)C)[C@H]1O[Si](C)(C)C)C(C=O)O[Si](C)(C)C. The smallest absolute Gasteiger partial charge is 0.186 e. The summed E-state index contributed by atoms with van der Waals surface area (Å²) in [6.07, 6.45) is -5.46. The van der Waals surface area contributed by atoms with Gasteiger partial charge in [-0.05, 0) is 157 Å². The fourth-order valence-corrected chi connectivity index (χ4v) is 13.7. The van der Waals surface area contributed by atoms with Gasteiger partial charge in [0.25, 0.3) is 0 Å². The summed E-state index contributed by atoms with van der Waals surface area (Å²) < 4.78 is 69.7. The Morgan fingerprint density at radius 1 is 0.473 bits per heavy atom. The predicted octanol–water partition coefficient (Wildman–Crippen LogP) is 9.32. The number of carbonyl (C=O) groups is 1. The molecule has 1 saturated heterocycles. The van der Waals surface area contributed by atoms with Crippen LogP contribution in [0.5, 0.6) is 0 Å². The molecule has 5 unspecified atom stereocenters. The minimum Gasteiger partial charge on any atom is -0.415 e. The van der Waals surface area contributed by atoms with E-state index in [0.29, 0.717) is 13.2 Å². The number of carbonyl (C=O) groups excluding carboxylic acids is 1. The Labute approximate surface area is 346 Å². The Morgan fingerprint density at radius 2 is 0.891 bits per heavy atom. The fourth-order valence-electron chi connectivity index (χ4n) is 5.90. The van der Waals surface area contributed by atoms with Crippen molar-refractivity contribution in [3.05, 3.63) is 0 Å². The summed E-state index contributed by atoms with van der Waals surface area (Å²) in [7, 11) is -17.5. The number of ether oxygens (including phenoxy) is 2. The third kappa shape index (κ3) is 23.6. The monoisotopic (exact) mass is 918 g/mol. The molecule has 11 nitrogen and oxygen atoms in total. The van der Waals surface area contributed by atoms with Gasteiger partial charge in [-0.1, -0.05) is 0 Å². The molecule has 0 aromatic heterocycles. The summed E-state index contributed by atoms with van der Waals surface area (Å²) in [6.45, 7) is 52.3. The summed E-state index contributed by atoms with van der Waals surface area (Å²) in [5.74, 6) is 0. The normalized spacial score (nSPS) is 25.1. The molecule has 0 aromatic carbocycles. The van der Waals surface area contributed by atoms with Crippen LogP contribution in [0.25, 0.3) is 0 Å². The van der Waals surface area contributed by atoms with Crippen LogP contribution in [-0.4, -0.2) is 141 Å². The van der Waals surface area contributed by atoms with Crippen molar-refractivity contribution in [3.8, 4) is 0 Å². The molecule has 55 heavy (non-hydrogen) atoms. The summed E-state index contributed by atoms with van der Waals surface area (Å²) in [6, 6.07) is 0. The second-order valence-electron chi connectivity index (χ2n) is 22.9. The van der Waals surface area contributed by atoms with Crippen LogP contribution < -0.4 is 0 Å². The van der Waals surface area contributed by atoms with Gasteiger partial charge in [-0.3, -0.25) is 0 Å². The molecule has 19 heteroatoms. The Bertz CT molecular complexity index is 1160. The molecule has 0 bridgehead atoms. The zero-order chi connectivity index (χ0) is 43.4. The standard InChI is InChI=1S/C36H86O11Si8/c1-48(2,3)38-26-29-32(44-52(13,14)15)34(46-54(19,20)21)35(47-55(22,23)24)36(40-29)41-31(28(25-37)42-50(7,8)9)33(45-53(16,17)18)30(43-51(10,11)12)27-39-49(4,5)6/h25,28-36H,26-27H2,1-24H3/t28?,29-,30?,31?,32-,33?,34+,35-,36?/m1/s1. The van der Waals surface area contributed by atoms with Gasteiger partial charge in [0.2, 0.25) is 0 Å². The van der Waals surface area contributed by atoms with Gasteiger partial charge >= 0.3 is 0 Å². The van der Waals surface area contributed by atoms with Crippen molar-refractivity contribution in [1.29, 1.82) is 0 Å². The first-order chi connectivity index (χ1) is 24.2. The molecule has 1 fully saturated rings. The van der Waals surface area contributed by atoms with E-state index in [1.165, 1.54) is 0 Å².